The SMILES string of the molecule is Cn1cc(-c2cccc(C(=O)Cc3ccc4nn(CC(=O)N5CCN(CC6CC6)CC5)cc4c3)n2)cn1. The fourth-order valence-corrected chi connectivity index (χ4v) is 4.98. The summed E-state index contributed by atoms with van der Waals surface area (Å²) in [5.74, 6) is 0.939. The maximum atomic E-state index is 13.0. The number of aromatic nitrogens is 5. The van der Waals surface area contributed by atoms with E-state index in [0.29, 0.717) is 5.69 Å². The van der Waals surface area contributed by atoms with E-state index < -0.39 is 0 Å². The highest BCUT2D eigenvalue weighted by molar-refractivity contribution is 5.96. The van der Waals surface area contributed by atoms with Crippen molar-refractivity contribution in [2.45, 2.75) is 25.8 Å². The second kappa shape index (κ2) is 9.89. The quantitative estimate of drug-likeness (QED) is 0.348. The number of pyridine rings is 1. The number of nitrogens with zero attached hydrogens (tertiary/aromatic N) is 7. The van der Waals surface area contributed by atoms with E-state index in [9.17, 15) is 9.59 Å². The van der Waals surface area contributed by atoms with Crippen LogP contribution in [0.15, 0.2) is 55.0 Å². The van der Waals surface area contributed by atoms with Crippen LogP contribution in [0.5, 0.6) is 0 Å². The highest BCUT2D eigenvalue weighted by Crippen LogP contribution is 2.30. The summed E-state index contributed by atoms with van der Waals surface area (Å²) in [6.07, 6.45) is 8.47. The summed E-state index contributed by atoms with van der Waals surface area (Å²) in [7, 11) is 1.85. The lowest BCUT2D eigenvalue weighted by atomic mass is 10.0. The van der Waals surface area contributed by atoms with E-state index in [4.69, 9.17) is 0 Å². The molecule has 3 aromatic heterocycles. The van der Waals surface area contributed by atoms with E-state index in [1.54, 1.807) is 21.6 Å². The molecule has 1 saturated carbocycles. The largest absolute Gasteiger partial charge is 0.339 e. The molecule has 9 heteroatoms. The summed E-state index contributed by atoms with van der Waals surface area (Å²) in [6.45, 7) is 4.91. The lowest BCUT2D eigenvalue weighted by Crippen LogP contribution is -2.49. The van der Waals surface area contributed by atoms with Crippen LogP contribution in [-0.4, -0.2) is 78.8 Å². The van der Waals surface area contributed by atoms with Crippen molar-refractivity contribution < 1.29 is 9.59 Å². The fourth-order valence-electron chi connectivity index (χ4n) is 4.98. The average molecular weight is 498 g/mol. The van der Waals surface area contributed by atoms with Gasteiger partial charge in [0.1, 0.15) is 12.2 Å². The Labute approximate surface area is 215 Å². The molecular formula is C28H31N7O2. The third-order valence-corrected chi connectivity index (χ3v) is 7.25. The second-order valence-electron chi connectivity index (χ2n) is 10.3. The molecule has 0 radical (unpaired) electrons. The zero-order valence-corrected chi connectivity index (χ0v) is 21.1. The van der Waals surface area contributed by atoms with Gasteiger partial charge in [0, 0.05) is 69.5 Å². The Bertz CT molecular complexity index is 1440. The molecule has 0 N–H and O–H groups in total. The van der Waals surface area contributed by atoms with Crippen molar-refractivity contribution in [3.63, 3.8) is 0 Å². The maximum Gasteiger partial charge on any atom is 0.244 e. The molecule has 6 rings (SSSR count). The first-order valence-electron chi connectivity index (χ1n) is 13.0. The van der Waals surface area contributed by atoms with Crippen molar-refractivity contribution in [2.24, 2.45) is 13.0 Å². The lowest BCUT2D eigenvalue weighted by molar-refractivity contribution is -0.133. The van der Waals surface area contributed by atoms with Gasteiger partial charge in [0.05, 0.1) is 17.4 Å². The molecular weight excluding hydrogens is 466 g/mol. The van der Waals surface area contributed by atoms with Gasteiger partial charge in [-0.2, -0.15) is 10.2 Å². The van der Waals surface area contributed by atoms with Gasteiger partial charge in [-0.1, -0.05) is 12.1 Å². The summed E-state index contributed by atoms with van der Waals surface area (Å²) in [4.78, 5) is 34.9. The summed E-state index contributed by atoms with van der Waals surface area (Å²) in [5.41, 5.74) is 3.74. The first-order valence-corrected chi connectivity index (χ1v) is 13.0. The zero-order chi connectivity index (χ0) is 25.4. The molecule has 1 saturated heterocycles. The molecule has 9 nitrogen and oxygen atoms in total. The number of carbonyl (C=O) groups is 2. The van der Waals surface area contributed by atoms with Crippen LogP contribution in [0, 0.1) is 5.92 Å². The van der Waals surface area contributed by atoms with Gasteiger partial charge >= 0.3 is 0 Å². The third-order valence-electron chi connectivity index (χ3n) is 7.25. The number of ketones is 1. The first kappa shape index (κ1) is 23.5. The molecule has 190 valence electrons. The Morgan fingerprint density at radius 2 is 1.86 bits per heavy atom. The minimum atomic E-state index is -0.0477. The molecule has 0 spiro atoms. The molecule has 1 aromatic carbocycles. The van der Waals surface area contributed by atoms with Crippen molar-refractivity contribution in [3.8, 4) is 11.3 Å². The Hall–Kier alpha value is -3.85. The van der Waals surface area contributed by atoms with E-state index >= 15 is 0 Å². The molecule has 0 unspecified atom stereocenters. The maximum absolute atomic E-state index is 13.0. The fraction of sp³-hybridized carbons (Fsp3) is 0.393. The van der Waals surface area contributed by atoms with E-state index in [2.05, 4.69) is 20.1 Å². The number of fused-ring (bicyclic) bond motifs is 1. The van der Waals surface area contributed by atoms with Crippen LogP contribution in [0.3, 0.4) is 0 Å². The van der Waals surface area contributed by atoms with E-state index in [0.717, 1.165) is 59.8 Å². The highest BCUT2D eigenvalue weighted by Gasteiger charge is 2.27. The van der Waals surface area contributed by atoms with E-state index in [1.807, 2.05) is 54.7 Å². The summed E-state index contributed by atoms with van der Waals surface area (Å²) in [6, 6.07) is 11.3. The average Bonchev–Trinajstić information content (AvgIpc) is 3.46. The van der Waals surface area contributed by atoms with Crippen molar-refractivity contribution in [1.82, 2.24) is 34.3 Å². The van der Waals surface area contributed by atoms with E-state index in [-0.39, 0.29) is 24.7 Å². The van der Waals surface area contributed by atoms with Crippen molar-refractivity contribution in [2.75, 3.05) is 32.7 Å². The summed E-state index contributed by atoms with van der Waals surface area (Å²) >= 11 is 0. The highest BCUT2D eigenvalue weighted by atomic mass is 16.2. The zero-order valence-electron chi connectivity index (χ0n) is 21.1. The summed E-state index contributed by atoms with van der Waals surface area (Å²) in [5, 5.41) is 9.69. The minimum Gasteiger partial charge on any atom is -0.339 e. The number of piperazine rings is 1. The Morgan fingerprint density at radius 3 is 2.62 bits per heavy atom. The van der Waals surface area contributed by atoms with Crippen LogP contribution >= 0.6 is 0 Å². The molecule has 37 heavy (non-hydrogen) atoms. The van der Waals surface area contributed by atoms with Gasteiger partial charge in [0.2, 0.25) is 5.91 Å². The third kappa shape index (κ3) is 5.46. The monoisotopic (exact) mass is 497 g/mol. The van der Waals surface area contributed by atoms with Gasteiger partial charge in [-0.05, 0) is 48.6 Å². The first-order chi connectivity index (χ1) is 18.0. The number of rotatable bonds is 8. The van der Waals surface area contributed by atoms with Crippen LogP contribution in [0.1, 0.15) is 28.9 Å². The molecule has 0 bridgehead atoms. The molecule has 4 aromatic rings. The van der Waals surface area contributed by atoms with Crippen LogP contribution < -0.4 is 0 Å². The predicted molar refractivity (Wildman–Crippen MR) is 140 cm³/mol. The molecule has 1 aliphatic heterocycles. The Kier molecular flexibility index (Phi) is 6.30. The van der Waals surface area contributed by atoms with Crippen LogP contribution in [0.2, 0.25) is 0 Å². The molecule has 2 aliphatic rings. The van der Waals surface area contributed by atoms with Crippen molar-refractivity contribution in [3.05, 3.63) is 66.2 Å². The number of amides is 1. The number of benzene rings is 1. The van der Waals surface area contributed by atoms with Gasteiger partial charge in [-0.3, -0.25) is 23.9 Å². The number of hydrogen-bond acceptors (Lipinski definition) is 6. The van der Waals surface area contributed by atoms with Crippen molar-refractivity contribution >= 4 is 22.6 Å². The van der Waals surface area contributed by atoms with Crippen LogP contribution in [0.4, 0.5) is 0 Å². The van der Waals surface area contributed by atoms with Crippen LogP contribution in [-0.2, 0) is 24.8 Å². The second-order valence-corrected chi connectivity index (χ2v) is 10.3. The molecule has 2 fully saturated rings. The standard InChI is InChI=1S/C28H31N7O2/c1-32-17-23(15-29-32)24-3-2-4-26(30-24)27(36)14-21-7-8-25-22(13-21)18-35(31-25)19-28(37)34-11-9-33(10-12-34)16-20-5-6-20/h2-4,7-8,13,15,17-18,20H,5-6,9-12,14,16,19H2,1H3. The van der Waals surface area contributed by atoms with Crippen molar-refractivity contribution in [1.29, 1.82) is 0 Å². The molecule has 1 aliphatic carbocycles. The number of carbonyl (C=O) groups excluding carboxylic acids is 2. The predicted octanol–water partition coefficient (Wildman–Crippen LogP) is 2.81. The lowest BCUT2D eigenvalue weighted by Gasteiger charge is -2.34. The number of Topliss-reactive ketones (excluding diaryl/α,β-unsaturated/α-hetero) is 1. The summed E-state index contributed by atoms with van der Waals surface area (Å²) < 4.78 is 3.43. The molecule has 1 amide bonds. The molecule has 0 atom stereocenters. The Morgan fingerprint density at radius 1 is 1.03 bits per heavy atom. The van der Waals surface area contributed by atoms with Gasteiger partial charge in [0.15, 0.2) is 5.78 Å². The number of aryl methyl sites for hydroxylation is 1. The van der Waals surface area contributed by atoms with Gasteiger partial charge in [-0.15, -0.1) is 0 Å². The van der Waals surface area contributed by atoms with Gasteiger partial charge in [-0.25, -0.2) is 4.98 Å². The Balaban J connectivity index is 1.09. The van der Waals surface area contributed by atoms with Crippen LogP contribution in [0.25, 0.3) is 22.2 Å². The molecule has 4 heterocycles. The topological polar surface area (TPSA) is 89.2 Å². The van der Waals surface area contributed by atoms with Gasteiger partial charge < -0.3 is 4.90 Å². The minimum absolute atomic E-state index is 0.0477. The number of hydrogen-bond donors (Lipinski definition) is 0. The smallest absolute Gasteiger partial charge is 0.244 e. The van der Waals surface area contributed by atoms with E-state index in [1.165, 1.54) is 19.4 Å². The van der Waals surface area contributed by atoms with Gasteiger partial charge in [0.25, 0.3) is 0 Å². The normalized spacial score (nSPS) is 16.4.